The maximum Gasteiger partial charge on any atom is 0.108 e. The largest absolute Gasteiger partial charge is 0.382 e. The number of aryl methyl sites for hydroxylation is 1. The average molecular weight is 225 g/mol. The minimum absolute atomic E-state index is 0.342. The first-order valence-electron chi connectivity index (χ1n) is 6.04. The van der Waals surface area contributed by atoms with Crippen molar-refractivity contribution in [2.24, 2.45) is 0 Å². The van der Waals surface area contributed by atoms with Gasteiger partial charge in [0, 0.05) is 32.5 Å². The maximum atomic E-state index is 5.27. The van der Waals surface area contributed by atoms with E-state index in [1.54, 1.807) is 7.11 Å². The fourth-order valence-corrected chi connectivity index (χ4v) is 1.83. The van der Waals surface area contributed by atoms with Crippen molar-refractivity contribution in [2.75, 3.05) is 26.8 Å². The molecule has 1 N–H and O–H groups in total. The van der Waals surface area contributed by atoms with Gasteiger partial charge in [-0.3, -0.25) is 0 Å². The topological polar surface area (TPSA) is 39.1 Å². The molecule has 16 heavy (non-hydrogen) atoms. The lowest BCUT2D eigenvalue weighted by atomic mass is 10.2. The van der Waals surface area contributed by atoms with Crippen molar-refractivity contribution in [1.29, 1.82) is 0 Å². The number of nitrogens with one attached hydrogen (secondary N) is 1. The molecule has 92 valence electrons. The normalized spacial score (nSPS) is 12.9. The minimum Gasteiger partial charge on any atom is -0.382 e. The molecule has 0 aromatic carbocycles. The van der Waals surface area contributed by atoms with Crippen LogP contribution in [0.5, 0.6) is 0 Å². The monoisotopic (exact) mass is 225 g/mol. The lowest BCUT2D eigenvalue weighted by Crippen LogP contribution is -2.29. The van der Waals surface area contributed by atoms with E-state index in [9.17, 15) is 0 Å². The summed E-state index contributed by atoms with van der Waals surface area (Å²) in [5.41, 5.74) is 0. The Balaban J connectivity index is 2.61. The summed E-state index contributed by atoms with van der Waals surface area (Å²) in [6.07, 6.45) is 6.02. The summed E-state index contributed by atoms with van der Waals surface area (Å²) in [7, 11) is 1.75. The number of aromatic nitrogens is 2. The van der Waals surface area contributed by atoms with E-state index < -0.39 is 0 Å². The average Bonchev–Trinajstić information content (AvgIpc) is 2.76. The van der Waals surface area contributed by atoms with Crippen LogP contribution in [0.1, 0.15) is 32.1 Å². The van der Waals surface area contributed by atoms with Gasteiger partial charge in [-0.25, -0.2) is 4.98 Å². The summed E-state index contributed by atoms with van der Waals surface area (Å²) in [5.74, 6) is 1.13. The Labute approximate surface area is 98.0 Å². The molecule has 1 aromatic heterocycles. The summed E-state index contributed by atoms with van der Waals surface area (Å²) in [6.45, 7) is 7.01. The second-order valence-electron chi connectivity index (χ2n) is 3.92. The summed E-state index contributed by atoms with van der Waals surface area (Å²) < 4.78 is 7.48. The Hall–Kier alpha value is -0.870. The fraction of sp³-hybridized carbons (Fsp3) is 0.750. The van der Waals surface area contributed by atoms with Gasteiger partial charge in [-0.2, -0.15) is 0 Å². The molecule has 0 fully saturated rings. The molecule has 0 spiro atoms. The molecule has 0 aliphatic heterocycles. The first-order chi connectivity index (χ1) is 7.83. The molecule has 0 saturated heterocycles. The molecule has 0 saturated carbocycles. The quantitative estimate of drug-likeness (QED) is 0.684. The minimum atomic E-state index is 0.342. The third-order valence-corrected chi connectivity index (χ3v) is 2.62. The highest BCUT2D eigenvalue weighted by molar-refractivity contribution is 4.95. The molecular formula is C12H23N3O. The second-order valence-corrected chi connectivity index (χ2v) is 3.92. The standard InChI is InChI=1S/C12H23N3O/c1-4-6-13-9-11(10-16-3)15-8-7-14-12(15)5-2/h7-8,11,13H,4-6,9-10H2,1-3H3. The van der Waals surface area contributed by atoms with Crippen LogP contribution in [-0.2, 0) is 11.2 Å². The van der Waals surface area contributed by atoms with E-state index in [-0.39, 0.29) is 0 Å². The van der Waals surface area contributed by atoms with Gasteiger partial charge < -0.3 is 14.6 Å². The van der Waals surface area contributed by atoms with E-state index in [1.807, 2.05) is 12.4 Å². The molecule has 1 unspecified atom stereocenters. The molecule has 4 nitrogen and oxygen atoms in total. The highest BCUT2D eigenvalue weighted by Gasteiger charge is 2.12. The van der Waals surface area contributed by atoms with Crippen molar-refractivity contribution in [1.82, 2.24) is 14.9 Å². The molecule has 1 aromatic rings. The third-order valence-electron chi connectivity index (χ3n) is 2.62. The third kappa shape index (κ3) is 3.61. The van der Waals surface area contributed by atoms with E-state index in [2.05, 4.69) is 28.7 Å². The fourth-order valence-electron chi connectivity index (χ4n) is 1.83. The van der Waals surface area contributed by atoms with Gasteiger partial charge in [-0.05, 0) is 13.0 Å². The highest BCUT2D eigenvalue weighted by atomic mass is 16.5. The van der Waals surface area contributed by atoms with Crippen LogP contribution >= 0.6 is 0 Å². The zero-order chi connectivity index (χ0) is 11.8. The molecule has 0 bridgehead atoms. The van der Waals surface area contributed by atoms with E-state index in [1.165, 1.54) is 0 Å². The lowest BCUT2D eigenvalue weighted by Gasteiger charge is -2.20. The number of imidazole rings is 1. The number of hydrogen-bond donors (Lipinski definition) is 1. The van der Waals surface area contributed by atoms with Crippen LogP contribution in [0.25, 0.3) is 0 Å². The molecule has 0 radical (unpaired) electrons. The number of hydrogen-bond acceptors (Lipinski definition) is 3. The van der Waals surface area contributed by atoms with E-state index in [0.29, 0.717) is 6.04 Å². The van der Waals surface area contributed by atoms with Crippen LogP contribution in [0.3, 0.4) is 0 Å². The second kappa shape index (κ2) is 7.41. The summed E-state index contributed by atoms with van der Waals surface area (Å²) in [6, 6.07) is 0.342. The number of ether oxygens (including phenoxy) is 1. The van der Waals surface area contributed by atoms with Gasteiger partial charge in [-0.15, -0.1) is 0 Å². The van der Waals surface area contributed by atoms with Crippen LogP contribution in [-0.4, -0.2) is 36.4 Å². The number of methoxy groups -OCH3 is 1. The first kappa shape index (κ1) is 13.2. The van der Waals surface area contributed by atoms with Crippen molar-refractivity contribution >= 4 is 0 Å². The maximum absolute atomic E-state index is 5.27. The predicted molar refractivity (Wildman–Crippen MR) is 65.7 cm³/mol. The summed E-state index contributed by atoms with van der Waals surface area (Å²) in [4.78, 5) is 4.35. The van der Waals surface area contributed by atoms with Gasteiger partial charge >= 0.3 is 0 Å². The predicted octanol–water partition coefficient (Wildman–Crippen LogP) is 1.63. The van der Waals surface area contributed by atoms with Crippen LogP contribution < -0.4 is 5.32 Å². The molecule has 0 aliphatic carbocycles. The molecule has 1 heterocycles. The van der Waals surface area contributed by atoms with Crippen molar-refractivity contribution in [3.05, 3.63) is 18.2 Å². The van der Waals surface area contributed by atoms with Crippen LogP contribution in [0.15, 0.2) is 12.4 Å². The molecule has 4 heteroatoms. The first-order valence-corrected chi connectivity index (χ1v) is 6.04. The van der Waals surface area contributed by atoms with Gasteiger partial charge in [0.1, 0.15) is 5.82 Å². The molecular weight excluding hydrogens is 202 g/mol. The Morgan fingerprint density at radius 3 is 2.94 bits per heavy atom. The van der Waals surface area contributed by atoms with E-state index in [4.69, 9.17) is 4.74 Å². The van der Waals surface area contributed by atoms with Gasteiger partial charge in [0.05, 0.1) is 12.6 Å². The zero-order valence-corrected chi connectivity index (χ0v) is 10.6. The van der Waals surface area contributed by atoms with Crippen molar-refractivity contribution < 1.29 is 4.74 Å². The Bertz CT molecular complexity index is 286. The molecule has 0 amide bonds. The highest BCUT2D eigenvalue weighted by Crippen LogP contribution is 2.10. The van der Waals surface area contributed by atoms with Crippen molar-refractivity contribution in [2.45, 2.75) is 32.7 Å². The van der Waals surface area contributed by atoms with E-state index in [0.717, 1.165) is 38.4 Å². The van der Waals surface area contributed by atoms with Crippen LogP contribution in [0.4, 0.5) is 0 Å². The Morgan fingerprint density at radius 2 is 2.31 bits per heavy atom. The number of rotatable bonds is 8. The smallest absolute Gasteiger partial charge is 0.108 e. The van der Waals surface area contributed by atoms with Crippen molar-refractivity contribution in [3.8, 4) is 0 Å². The Kier molecular flexibility index (Phi) is 6.11. The summed E-state index contributed by atoms with van der Waals surface area (Å²) in [5, 5.41) is 3.43. The molecule has 1 atom stereocenters. The van der Waals surface area contributed by atoms with Crippen LogP contribution in [0.2, 0.25) is 0 Å². The van der Waals surface area contributed by atoms with Crippen LogP contribution in [0, 0.1) is 0 Å². The van der Waals surface area contributed by atoms with Crippen molar-refractivity contribution in [3.63, 3.8) is 0 Å². The zero-order valence-electron chi connectivity index (χ0n) is 10.6. The molecule has 1 rings (SSSR count). The van der Waals surface area contributed by atoms with Gasteiger partial charge in [-0.1, -0.05) is 13.8 Å². The van der Waals surface area contributed by atoms with Gasteiger partial charge in [0.2, 0.25) is 0 Å². The van der Waals surface area contributed by atoms with Gasteiger partial charge in [0.25, 0.3) is 0 Å². The Morgan fingerprint density at radius 1 is 1.50 bits per heavy atom. The van der Waals surface area contributed by atoms with E-state index >= 15 is 0 Å². The summed E-state index contributed by atoms with van der Waals surface area (Å²) >= 11 is 0. The number of nitrogens with zero attached hydrogens (tertiary/aromatic N) is 2. The molecule has 0 aliphatic rings. The lowest BCUT2D eigenvalue weighted by molar-refractivity contribution is 0.152. The SMILES string of the molecule is CCCNCC(COC)n1ccnc1CC. The van der Waals surface area contributed by atoms with Gasteiger partial charge in [0.15, 0.2) is 0 Å².